The maximum atomic E-state index is 10.9. The Kier molecular flexibility index (Phi) is 3.63. The first-order valence-electron chi connectivity index (χ1n) is 5.77. The molecule has 0 N–H and O–H groups in total. The SMILES string of the molecule is CCn1c(CC#CC(=O)OC)nc2ccccc21. The van der Waals surface area contributed by atoms with Crippen LogP contribution < -0.4 is 0 Å². The topological polar surface area (TPSA) is 44.1 Å². The molecule has 2 rings (SSSR count). The highest BCUT2D eigenvalue weighted by Gasteiger charge is 2.07. The van der Waals surface area contributed by atoms with Crippen molar-refractivity contribution in [2.24, 2.45) is 0 Å². The van der Waals surface area contributed by atoms with E-state index in [1.807, 2.05) is 24.3 Å². The molecule has 4 nitrogen and oxygen atoms in total. The molecule has 1 aromatic heterocycles. The fraction of sp³-hybridized carbons (Fsp3) is 0.286. The lowest BCUT2D eigenvalue weighted by molar-refractivity contribution is -0.133. The molecule has 0 spiro atoms. The number of hydrogen-bond donors (Lipinski definition) is 0. The van der Waals surface area contributed by atoms with Crippen molar-refractivity contribution in [3.63, 3.8) is 0 Å². The highest BCUT2D eigenvalue weighted by atomic mass is 16.5. The minimum Gasteiger partial charge on any atom is -0.459 e. The van der Waals surface area contributed by atoms with Gasteiger partial charge in [0.05, 0.1) is 24.6 Å². The number of hydrogen-bond acceptors (Lipinski definition) is 3. The van der Waals surface area contributed by atoms with Crippen LogP contribution in [-0.4, -0.2) is 22.6 Å². The Balaban J connectivity index is 2.32. The number of benzene rings is 1. The zero-order valence-electron chi connectivity index (χ0n) is 10.4. The number of methoxy groups -OCH3 is 1. The van der Waals surface area contributed by atoms with E-state index >= 15 is 0 Å². The van der Waals surface area contributed by atoms with Crippen molar-refractivity contribution >= 4 is 17.0 Å². The molecule has 4 heteroatoms. The molecule has 18 heavy (non-hydrogen) atoms. The predicted molar refractivity (Wildman–Crippen MR) is 68.9 cm³/mol. The predicted octanol–water partition coefficient (Wildman–Crippen LogP) is 1.78. The number of ether oxygens (including phenoxy) is 1. The molecule has 0 radical (unpaired) electrons. The largest absolute Gasteiger partial charge is 0.459 e. The van der Waals surface area contributed by atoms with Crippen molar-refractivity contribution in [2.45, 2.75) is 19.9 Å². The van der Waals surface area contributed by atoms with Crippen molar-refractivity contribution in [2.75, 3.05) is 7.11 Å². The van der Waals surface area contributed by atoms with E-state index in [4.69, 9.17) is 0 Å². The van der Waals surface area contributed by atoms with Gasteiger partial charge in [0, 0.05) is 12.5 Å². The first kappa shape index (κ1) is 12.2. The Morgan fingerprint density at radius 3 is 2.94 bits per heavy atom. The molecule has 1 heterocycles. The van der Waals surface area contributed by atoms with Crippen LogP contribution in [0.25, 0.3) is 11.0 Å². The summed E-state index contributed by atoms with van der Waals surface area (Å²) in [6.07, 6.45) is 0.442. The van der Waals surface area contributed by atoms with Gasteiger partial charge in [-0.2, -0.15) is 0 Å². The number of rotatable bonds is 2. The van der Waals surface area contributed by atoms with E-state index in [-0.39, 0.29) is 0 Å². The molecule has 1 aromatic carbocycles. The minimum atomic E-state index is -0.519. The molecule has 0 bridgehead atoms. The van der Waals surface area contributed by atoms with Gasteiger partial charge in [-0.25, -0.2) is 9.78 Å². The quantitative estimate of drug-likeness (QED) is 0.458. The third-order valence-electron chi connectivity index (χ3n) is 2.67. The van der Waals surface area contributed by atoms with Crippen LogP contribution in [0.2, 0.25) is 0 Å². The summed E-state index contributed by atoms with van der Waals surface area (Å²) in [7, 11) is 1.32. The van der Waals surface area contributed by atoms with E-state index in [1.54, 1.807) is 0 Å². The van der Waals surface area contributed by atoms with Gasteiger partial charge in [-0.15, -0.1) is 0 Å². The molecular formula is C14H14N2O2. The van der Waals surface area contributed by atoms with Crippen molar-refractivity contribution in [3.8, 4) is 11.8 Å². The first-order chi connectivity index (χ1) is 8.76. The number of para-hydroxylation sites is 2. The molecule has 0 aliphatic rings. The molecule has 0 saturated heterocycles. The second-order valence-corrected chi connectivity index (χ2v) is 3.73. The van der Waals surface area contributed by atoms with Crippen molar-refractivity contribution in [1.29, 1.82) is 0 Å². The van der Waals surface area contributed by atoms with E-state index in [9.17, 15) is 4.79 Å². The fourth-order valence-corrected chi connectivity index (χ4v) is 1.86. The van der Waals surface area contributed by atoms with Gasteiger partial charge in [0.1, 0.15) is 5.82 Å². The Hall–Kier alpha value is -2.28. The molecule has 92 valence electrons. The zero-order chi connectivity index (χ0) is 13.0. The van der Waals surface area contributed by atoms with Gasteiger partial charge in [-0.1, -0.05) is 18.1 Å². The Bertz CT molecular complexity index is 632. The molecule has 0 aliphatic carbocycles. The smallest absolute Gasteiger partial charge is 0.384 e. The van der Waals surface area contributed by atoms with Crippen LogP contribution in [0, 0.1) is 11.8 Å². The van der Waals surface area contributed by atoms with Gasteiger partial charge < -0.3 is 9.30 Å². The fourth-order valence-electron chi connectivity index (χ4n) is 1.86. The summed E-state index contributed by atoms with van der Waals surface area (Å²) in [4.78, 5) is 15.4. The molecule has 0 amide bonds. The molecule has 0 saturated carbocycles. The van der Waals surface area contributed by atoms with E-state index in [1.165, 1.54) is 7.11 Å². The number of aromatic nitrogens is 2. The number of esters is 1. The van der Waals surface area contributed by atoms with Crippen LogP contribution in [0.1, 0.15) is 12.7 Å². The lowest BCUT2D eigenvalue weighted by atomic mass is 10.3. The lowest BCUT2D eigenvalue weighted by Crippen LogP contribution is -2.01. The summed E-state index contributed by atoms with van der Waals surface area (Å²) in [6, 6.07) is 7.95. The van der Waals surface area contributed by atoms with Crippen molar-refractivity contribution < 1.29 is 9.53 Å². The van der Waals surface area contributed by atoms with Crippen molar-refractivity contribution in [1.82, 2.24) is 9.55 Å². The zero-order valence-corrected chi connectivity index (χ0v) is 10.4. The van der Waals surface area contributed by atoms with Gasteiger partial charge in [-0.3, -0.25) is 0 Å². The van der Waals surface area contributed by atoms with Crippen LogP contribution in [0.4, 0.5) is 0 Å². The monoisotopic (exact) mass is 242 g/mol. The van der Waals surface area contributed by atoms with Crippen LogP contribution >= 0.6 is 0 Å². The van der Waals surface area contributed by atoms with Crippen LogP contribution in [0.15, 0.2) is 24.3 Å². The summed E-state index contributed by atoms with van der Waals surface area (Å²) in [5.41, 5.74) is 2.05. The summed E-state index contributed by atoms with van der Waals surface area (Å²) >= 11 is 0. The Morgan fingerprint density at radius 1 is 1.44 bits per heavy atom. The maximum Gasteiger partial charge on any atom is 0.384 e. The number of carbonyl (C=O) groups excluding carboxylic acids is 1. The normalized spacial score (nSPS) is 9.89. The van der Waals surface area contributed by atoms with Gasteiger partial charge >= 0.3 is 5.97 Å². The average molecular weight is 242 g/mol. The van der Waals surface area contributed by atoms with Gasteiger partial charge in [-0.05, 0) is 19.1 Å². The Labute approximate surface area is 106 Å². The first-order valence-corrected chi connectivity index (χ1v) is 5.77. The second-order valence-electron chi connectivity index (χ2n) is 3.73. The standard InChI is InChI=1S/C14H14N2O2/c1-3-16-12-8-5-4-7-11(12)15-13(16)9-6-10-14(17)18-2/h4-5,7-8H,3,9H2,1-2H3. The Morgan fingerprint density at radius 2 is 2.22 bits per heavy atom. The van der Waals surface area contributed by atoms with Crippen LogP contribution in [0.5, 0.6) is 0 Å². The summed E-state index contributed by atoms with van der Waals surface area (Å²) in [5, 5.41) is 0. The van der Waals surface area contributed by atoms with E-state index in [0.29, 0.717) is 6.42 Å². The minimum absolute atomic E-state index is 0.442. The molecule has 0 aliphatic heterocycles. The van der Waals surface area contributed by atoms with Crippen LogP contribution in [0.3, 0.4) is 0 Å². The summed E-state index contributed by atoms with van der Waals surface area (Å²) < 4.78 is 6.56. The van der Waals surface area contributed by atoms with Gasteiger partial charge in [0.25, 0.3) is 0 Å². The number of carbonyl (C=O) groups is 1. The van der Waals surface area contributed by atoms with E-state index in [0.717, 1.165) is 23.4 Å². The highest BCUT2D eigenvalue weighted by molar-refractivity contribution is 5.88. The molecular weight excluding hydrogens is 228 g/mol. The molecule has 0 fully saturated rings. The molecule has 0 atom stereocenters. The summed E-state index contributed by atoms with van der Waals surface area (Å²) in [6.45, 7) is 2.89. The number of nitrogens with zero attached hydrogens (tertiary/aromatic N) is 2. The highest BCUT2D eigenvalue weighted by Crippen LogP contribution is 2.15. The summed E-state index contributed by atoms with van der Waals surface area (Å²) in [5.74, 6) is 5.54. The van der Waals surface area contributed by atoms with E-state index < -0.39 is 5.97 Å². The van der Waals surface area contributed by atoms with E-state index in [2.05, 4.69) is 33.1 Å². The number of fused-ring (bicyclic) bond motifs is 1. The van der Waals surface area contributed by atoms with Crippen LogP contribution in [-0.2, 0) is 22.5 Å². The van der Waals surface area contributed by atoms with Crippen molar-refractivity contribution in [3.05, 3.63) is 30.1 Å². The van der Waals surface area contributed by atoms with Gasteiger partial charge in [0.15, 0.2) is 0 Å². The molecule has 2 aromatic rings. The number of imidazole rings is 1. The second kappa shape index (κ2) is 5.37. The lowest BCUT2D eigenvalue weighted by Gasteiger charge is -2.02. The third kappa shape index (κ3) is 2.35. The van der Waals surface area contributed by atoms with Gasteiger partial charge in [0.2, 0.25) is 0 Å². The number of aryl methyl sites for hydroxylation is 1. The maximum absolute atomic E-state index is 10.9. The average Bonchev–Trinajstić information content (AvgIpc) is 2.75. The third-order valence-corrected chi connectivity index (χ3v) is 2.67. The molecule has 0 unspecified atom stereocenters.